The number of hydrogen-bond donors (Lipinski definition) is 2. The summed E-state index contributed by atoms with van der Waals surface area (Å²) >= 11 is 3.04. The number of hydrogen-bond acceptors (Lipinski definition) is 6. The Balaban J connectivity index is 1.79. The van der Waals surface area contributed by atoms with Crippen molar-refractivity contribution < 1.29 is 4.79 Å². The van der Waals surface area contributed by atoms with Crippen molar-refractivity contribution in [3.05, 3.63) is 27.7 Å². The largest absolute Gasteiger partial charge is 0.301 e. The van der Waals surface area contributed by atoms with E-state index >= 15 is 0 Å². The van der Waals surface area contributed by atoms with Gasteiger partial charge in [-0.3, -0.25) is 4.79 Å². The Bertz CT molecular complexity index is 509. The van der Waals surface area contributed by atoms with Crippen LogP contribution in [0.15, 0.2) is 17.8 Å². The molecule has 0 saturated carbocycles. The lowest BCUT2D eigenvalue weighted by molar-refractivity contribution is -0.115. The van der Waals surface area contributed by atoms with Gasteiger partial charge < -0.3 is 10.6 Å². The highest BCUT2D eigenvalue weighted by molar-refractivity contribution is 7.13. The van der Waals surface area contributed by atoms with Crippen molar-refractivity contribution in [2.24, 2.45) is 0 Å². The number of aryl methyl sites for hydroxylation is 1. The minimum absolute atomic E-state index is 0.0852. The average molecular weight is 282 g/mol. The van der Waals surface area contributed by atoms with Crippen LogP contribution in [-0.4, -0.2) is 22.4 Å². The van der Waals surface area contributed by atoms with Crippen molar-refractivity contribution in [3.8, 4) is 0 Å². The van der Waals surface area contributed by atoms with Crippen molar-refractivity contribution >= 4 is 33.7 Å². The van der Waals surface area contributed by atoms with Crippen LogP contribution in [0, 0.1) is 6.92 Å². The molecule has 0 aliphatic heterocycles. The van der Waals surface area contributed by atoms with Crippen LogP contribution < -0.4 is 10.6 Å². The highest BCUT2D eigenvalue weighted by Gasteiger charge is 2.10. The number of thiazole rings is 2. The van der Waals surface area contributed by atoms with Gasteiger partial charge in [-0.25, -0.2) is 9.97 Å². The number of rotatable bonds is 5. The molecule has 1 amide bonds. The Labute approximate surface area is 113 Å². The number of aromatic nitrogens is 2. The van der Waals surface area contributed by atoms with E-state index in [4.69, 9.17) is 0 Å². The van der Waals surface area contributed by atoms with Gasteiger partial charge in [-0.15, -0.1) is 22.7 Å². The molecule has 0 spiro atoms. The fraction of sp³-hybridized carbons (Fsp3) is 0.364. The SMILES string of the molecule is Cc1ncc(C(C)NCC(=O)Nc2nccs2)s1. The summed E-state index contributed by atoms with van der Waals surface area (Å²) in [6, 6.07) is 0.123. The molecule has 0 aliphatic rings. The van der Waals surface area contributed by atoms with Crippen LogP contribution in [0.25, 0.3) is 0 Å². The normalized spacial score (nSPS) is 12.3. The Morgan fingerprint density at radius 1 is 1.50 bits per heavy atom. The van der Waals surface area contributed by atoms with E-state index in [1.165, 1.54) is 11.3 Å². The van der Waals surface area contributed by atoms with Crippen LogP contribution in [0.1, 0.15) is 22.9 Å². The molecular weight excluding hydrogens is 268 g/mol. The van der Waals surface area contributed by atoms with E-state index in [2.05, 4.69) is 20.6 Å². The Hall–Kier alpha value is -1.31. The van der Waals surface area contributed by atoms with Gasteiger partial charge in [-0.1, -0.05) is 0 Å². The van der Waals surface area contributed by atoms with Crippen LogP contribution in [0.5, 0.6) is 0 Å². The molecule has 2 N–H and O–H groups in total. The van der Waals surface area contributed by atoms with Gasteiger partial charge in [-0.2, -0.15) is 0 Å². The topological polar surface area (TPSA) is 66.9 Å². The molecule has 0 aromatic carbocycles. The van der Waals surface area contributed by atoms with E-state index in [-0.39, 0.29) is 18.5 Å². The molecule has 1 atom stereocenters. The molecule has 2 aromatic rings. The highest BCUT2D eigenvalue weighted by Crippen LogP contribution is 2.19. The molecule has 5 nitrogen and oxygen atoms in total. The standard InChI is InChI=1S/C11H14N4OS2/c1-7(9-5-14-8(2)18-9)13-6-10(16)15-11-12-3-4-17-11/h3-5,7,13H,6H2,1-2H3,(H,12,15,16). The third-order valence-electron chi connectivity index (χ3n) is 2.31. The summed E-state index contributed by atoms with van der Waals surface area (Å²) in [6.45, 7) is 4.25. The number of anilines is 1. The maximum Gasteiger partial charge on any atom is 0.240 e. The fourth-order valence-electron chi connectivity index (χ4n) is 1.37. The Morgan fingerprint density at radius 3 is 2.94 bits per heavy atom. The lowest BCUT2D eigenvalue weighted by atomic mass is 10.3. The van der Waals surface area contributed by atoms with E-state index in [0.717, 1.165) is 9.88 Å². The summed E-state index contributed by atoms with van der Waals surface area (Å²) in [5.74, 6) is -0.0852. The zero-order valence-corrected chi connectivity index (χ0v) is 11.8. The smallest absolute Gasteiger partial charge is 0.240 e. The molecule has 0 bridgehead atoms. The molecule has 18 heavy (non-hydrogen) atoms. The Morgan fingerprint density at radius 2 is 2.33 bits per heavy atom. The van der Waals surface area contributed by atoms with Crippen LogP contribution >= 0.6 is 22.7 Å². The maximum absolute atomic E-state index is 11.6. The zero-order chi connectivity index (χ0) is 13.0. The molecule has 2 aromatic heterocycles. The van der Waals surface area contributed by atoms with Crippen molar-refractivity contribution in [2.75, 3.05) is 11.9 Å². The van der Waals surface area contributed by atoms with Gasteiger partial charge in [0.25, 0.3) is 0 Å². The molecular formula is C11H14N4OS2. The van der Waals surface area contributed by atoms with Gasteiger partial charge in [0, 0.05) is 28.7 Å². The molecule has 0 radical (unpaired) electrons. The minimum atomic E-state index is -0.0852. The molecule has 1 unspecified atom stereocenters. The van der Waals surface area contributed by atoms with E-state index in [1.807, 2.05) is 25.4 Å². The van der Waals surface area contributed by atoms with Gasteiger partial charge in [0.15, 0.2) is 5.13 Å². The molecule has 2 heterocycles. The van der Waals surface area contributed by atoms with E-state index in [9.17, 15) is 4.79 Å². The third kappa shape index (κ3) is 3.59. The van der Waals surface area contributed by atoms with Crippen LogP contribution in [-0.2, 0) is 4.79 Å². The second-order valence-electron chi connectivity index (χ2n) is 3.77. The third-order valence-corrected chi connectivity index (χ3v) is 4.10. The molecule has 0 fully saturated rings. The molecule has 2 rings (SSSR count). The van der Waals surface area contributed by atoms with Gasteiger partial charge >= 0.3 is 0 Å². The van der Waals surface area contributed by atoms with Gasteiger partial charge in [0.1, 0.15) is 0 Å². The number of amides is 1. The van der Waals surface area contributed by atoms with Gasteiger partial charge in [-0.05, 0) is 13.8 Å². The molecule has 96 valence electrons. The predicted molar refractivity (Wildman–Crippen MR) is 74.0 cm³/mol. The number of carbonyl (C=O) groups excluding carboxylic acids is 1. The Kier molecular flexibility index (Phi) is 4.40. The lowest BCUT2D eigenvalue weighted by Crippen LogP contribution is -2.29. The first-order valence-corrected chi connectivity index (χ1v) is 7.20. The highest BCUT2D eigenvalue weighted by atomic mass is 32.1. The first-order valence-electron chi connectivity index (χ1n) is 5.50. The molecule has 0 saturated heterocycles. The first-order chi connectivity index (χ1) is 8.65. The van der Waals surface area contributed by atoms with E-state index in [0.29, 0.717) is 5.13 Å². The number of nitrogens with zero attached hydrogens (tertiary/aromatic N) is 2. The summed E-state index contributed by atoms with van der Waals surface area (Å²) in [5, 5.41) is 9.37. The van der Waals surface area contributed by atoms with E-state index < -0.39 is 0 Å². The summed E-state index contributed by atoms with van der Waals surface area (Å²) in [4.78, 5) is 21.0. The monoisotopic (exact) mass is 282 g/mol. The zero-order valence-electron chi connectivity index (χ0n) is 10.1. The van der Waals surface area contributed by atoms with Gasteiger partial charge in [0.2, 0.25) is 5.91 Å². The summed E-state index contributed by atoms with van der Waals surface area (Å²) in [7, 11) is 0. The van der Waals surface area contributed by atoms with Crippen molar-refractivity contribution in [2.45, 2.75) is 19.9 Å². The lowest BCUT2D eigenvalue weighted by Gasteiger charge is -2.10. The summed E-state index contributed by atoms with van der Waals surface area (Å²) < 4.78 is 0. The van der Waals surface area contributed by atoms with Crippen LogP contribution in [0.3, 0.4) is 0 Å². The minimum Gasteiger partial charge on any atom is -0.301 e. The number of nitrogens with one attached hydrogen (secondary N) is 2. The second-order valence-corrected chi connectivity index (χ2v) is 5.93. The predicted octanol–water partition coefficient (Wildman–Crippen LogP) is 2.20. The van der Waals surface area contributed by atoms with Crippen LogP contribution in [0.2, 0.25) is 0 Å². The van der Waals surface area contributed by atoms with E-state index in [1.54, 1.807) is 17.5 Å². The van der Waals surface area contributed by atoms with Crippen LogP contribution in [0.4, 0.5) is 5.13 Å². The fourth-order valence-corrected chi connectivity index (χ4v) is 2.73. The molecule has 0 aliphatic carbocycles. The maximum atomic E-state index is 11.6. The van der Waals surface area contributed by atoms with Crippen molar-refractivity contribution in [1.29, 1.82) is 0 Å². The second kappa shape index (κ2) is 6.03. The van der Waals surface area contributed by atoms with Gasteiger partial charge in [0.05, 0.1) is 11.6 Å². The summed E-state index contributed by atoms with van der Waals surface area (Å²) in [5.41, 5.74) is 0. The van der Waals surface area contributed by atoms with Crippen molar-refractivity contribution in [1.82, 2.24) is 15.3 Å². The quantitative estimate of drug-likeness (QED) is 0.882. The van der Waals surface area contributed by atoms with Crippen molar-refractivity contribution in [3.63, 3.8) is 0 Å². The average Bonchev–Trinajstić information content (AvgIpc) is 2.97. The first kappa shape index (κ1) is 13.1. The molecule has 7 heteroatoms. The summed E-state index contributed by atoms with van der Waals surface area (Å²) in [6.07, 6.45) is 3.51. The number of carbonyl (C=O) groups is 1.